The summed E-state index contributed by atoms with van der Waals surface area (Å²) in [6, 6.07) is -1.82. The van der Waals surface area contributed by atoms with Crippen LogP contribution in [0.3, 0.4) is 0 Å². The Morgan fingerprint density at radius 2 is 2.17 bits per heavy atom. The summed E-state index contributed by atoms with van der Waals surface area (Å²) >= 11 is 2.67. The minimum absolute atomic E-state index is 0.136. The molecule has 0 spiro atoms. The highest BCUT2D eigenvalue weighted by Crippen LogP contribution is 2.52. The first-order chi connectivity index (χ1) is 13.8. The molecule has 3 unspecified atom stereocenters. The summed E-state index contributed by atoms with van der Waals surface area (Å²) in [4.78, 5) is 38.1. The molecule has 2 aliphatic heterocycles. The van der Waals surface area contributed by atoms with Crippen LogP contribution in [0.4, 0.5) is 0 Å². The molecule has 2 amide bonds. The Kier molecular flexibility index (Phi) is 4.89. The van der Waals surface area contributed by atoms with Gasteiger partial charge in [0.15, 0.2) is 0 Å². The predicted octanol–water partition coefficient (Wildman–Crippen LogP) is -2.40. The first kappa shape index (κ1) is 19.6. The fourth-order valence-electron chi connectivity index (χ4n) is 3.32. The fourth-order valence-corrected chi connectivity index (χ4v) is 6.21. The first-order valence-electron chi connectivity index (χ1n) is 8.38. The molecule has 2 saturated heterocycles. The average Bonchev–Trinajstić information content (AvgIpc) is 3.37. The van der Waals surface area contributed by atoms with Gasteiger partial charge in [-0.25, -0.2) is 14.2 Å². The third-order valence-corrected chi connectivity index (χ3v) is 7.82. The maximum absolute atomic E-state index is 12.6. The largest absolute Gasteiger partial charge is 0.480 e. The van der Waals surface area contributed by atoms with E-state index in [1.807, 2.05) is 0 Å². The third kappa shape index (κ3) is 3.41. The zero-order chi connectivity index (χ0) is 20.8. The zero-order valence-electron chi connectivity index (χ0n) is 15.2. The lowest BCUT2D eigenvalue weighted by Crippen LogP contribution is -2.71. The van der Waals surface area contributed by atoms with Gasteiger partial charge in [0.25, 0.3) is 0 Å². The van der Waals surface area contributed by atoms with Crippen molar-refractivity contribution < 1.29 is 19.5 Å². The van der Waals surface area contributed by atoms with E-state index in [0.29, 0.717) is 10.9 Å². The SMILES string of the molecule is Cn1nnnc1SCC1(C)S[C@H]2C(NC(=O)Cn3cnnn3)C(=O)N2C1C(=O)O. The Morgan fingerprint density at radius 3 is 2.79 bits per heavy atom. The number of thioether (sulfide) groups is 2. The summed E-state index contributed by atoms with van der Waals surface area (Å²) < 4.78 is 1.93. The first-order valence-corrected chi connectivity index (χ1v) is 10.2. The van der Waals surface area contributed by atoms with Gasteiger partial charge in [-0.3, -0.25) is 9.59 Å². The molecule has 0 aromatic carbocycles. The lowest BCUT2D eigenvalue weighted by molar-refractivity contribution is -0.161. The van der Waals surface area contributed by atoms with E-state index in [4.69, 9.17) is 0 Å². The number of carbonyl (C=O) groups is 3. The predicted molar refractivity (Wildman–Crippen MR) is 97.3 cm³/mol. The number of carbonyl (C=O) groups excluding carboxylic acids is 2. The van der Waals surface area contributed by atoms with Gasteiger partial charge in [-0.2, -0.15) is 0 Å². The van der Waals surface area contributed by atoms with Gasteiger partial charge in [-0.15, -0.1) is 22.0 Å². The van der Waals surface area contributed by atoms with Gasteiger partial charge in [-0.05, 0) is 27.8 Å². The fraction of sp³-hybridized carbons (Fsp3) is 0.615. The number of aryl methyl sites for hydroxylation is 1. The monoisotopic (exact) mass is 440 g/mol. The van der Waals surface area contributed by atoms with Gasteiger partial charge in [0.1, 0.15) is 30.3 Å². The van der Waals surface area contributed by atoms with Crippen molar-refractivity contribution in [1.29, 1.82) is 0 Å². The number of fused-ring (bicyclic) bond motifs is 1. The van der Waals surface area contributed by atoms with Crippen molar-refractivity contribution in [2.24, 2.45) is 7.05 Å². The smallest absolute Gasteiger partial charge is 0.327 e. The molecule has 0 radical (unpaired) electrons. The highest BCUT2D eigenvalue weighted by Gasteiger charge is 2.65. The van der Waals surface area contributed by atoms with Crippen LogP contribution in [0.25, 0.3) is 0 Å². The van der Waals surface area contributed by atoms with E-state index < -0.39 is 40.0 Å². The summed E-state index contributed by atoms with van der Waals surface area (Å²) in [6.45, 7) is 1.65. The van der Waals surface area contributed by atoms with Gasteiger partial charge >= 0.3 is 5.97 Å². The number of nitrogens with one attached hydrogen (secondary N) is 1. The number of rotatable bonds is 7. The maximum Gasteiger partial charge on any atom is 0.327 e. The molecule has 29 heavy (non-hydrogen) atoms. The second kappa shape index (κ2) is 7.25. The molecule has 0 aliphatic carbocycles. The molecule has 154 valence electrons. The van der Waals surface area contributed by atoms with E-state index in [0.717, 1.165) is 0 Å². The highest BCUT2D eigenvalue weighted by molar-refractivity contribution is 8.04. The third-order valence-electron chi connectivity index (χ3n) is 4.64. The lowest BCUT2D eigenvalue weighted by Gasteiger charge is -2.43. The molecule has 4 atom stereocenters. The van der Waals surface area contributed by atoms with Crippen LogP contribution in [0.15, 0.2) is 11.5 Å². The van der Waals surface area contributed by atoms with Crippen molar-refractivity contribution in [3.8, 4) is 0 Å². The van der Waals surface area contributed by atoms with Crippen LogP contribution in [-0.4, -0.2) is 96.2 Å². The number of nitrogens with zero attached hydrogens (tertiary/aromatic N) is 9. The minimum atomic E-state index is -1.09. The molecule has 0 bridgehead atoms. The summed E-state index contributed by atoms with van der Waals surface area (Å²) in [5.74, 6) is -1.58. The molecule has 2 N–H and O–H groups in total. The van der Waals surface area contributed by atoms with E-state index in [9.17, 15) is 19.5 Å². The van der Waals surface area contributed by atoms with Crippen molar-refractivity contribution in [1.82, 2.24) is 50.6 Å². The van der Waals surface area contributed by atoms with Crippen LogP contribution >= 0.6 is 23.5 Å². The van der Waals surface area contributed by atoms with E-state index in [1.165, 1.54) is 44.1 Å². The van der Waals surface area contributed by atoms with Crippen molar-refractivity contribution in [3.63, 3.8) is 0 Å². The Balaban J connectivity index is 1.46. The van der Waals surface area contributed by atoms with Crippen LogP contribution in [0.1, 0.15) is 6.92 Å². The standard InChI is InChI=1S/C13H16N10O4S2/c1-13(4-28-12-16-18-19-21(12)2)8(11(26)27)23-9(25)7(10(23)29-13)15-6(24)3-22-5-14-17-20-22/h5,7-8,10H,3-4H2,1-2H3,(H,15,24)(H,26,27)/t7?,8?,10-,13?/m0/s1. The van der Waals surface area contributed by atoms with Crippen LogP contribution < -0.4 is 5.32 Å². The van der Waals surface area contributed by atoms with E-state index in [1.54, 1.807) is 14.0 Å². The Hall–Kier alpha value is -2.75. The summed E-state index contributed by atoms with van der Waals surface area (Å²) in [6.07, 6.45) is 1.29. The van der Waals surface area contributed by atoms with Crippen molar-refractivity contribution in [2.75, 3.05) is 5.75 Å². The van der Waals surface area contributed by atoms with Crippen molar-refractivity contribution >= 4 is 41.3 Å². The van der Waals surface area contributed by atoms with Gasteiger partial charge in [0.2, 0.25) is 17.0 Å². The summed E-state index contributed by atoms with van der Waals surface area (Å²) in [5, 5.41) is 34.2. The topological polar surface area (TPSA) is 174 Å². The average molecular weight is 440 g/mol. The number of hydrogen-bond acceptors (Lipinski definition) is 11. The molecule has 14 nitrogen and oxygen atoms in total. The Bertz CT molecular complexity index is 951. The second-order valence-electron chi connectivity index (χ2n) is 6.73. The number of aliphatic carboxylic acids is 1. The summed E-state index contributed by atoms with van der Waals surface area (Å²) in [5.41, 5.74) is 0. The molecular formula is C13H16N10O4S2. The quantitative estimate of drug-likeness (QED) is 0.345. The van der Waals surface area contributed by atoms with Crippen molar-refractivity contribution in [2.45, 2.75) is 40.8 Å². The van der Waals surface area contributed by atoms with Crippen LogP contribution in [0.5, 0.6) is 0 Å². The van der Waals surface area contributed by atoms with Crippen molar-refractivity contribution in [3.05, 3.63) is 6.33 Å². The van der Waals surface area contributed by atoms with Gasteiger partial charge in [0, 0.05) is 12.8 Å². The second-order valence-corrected chi connectivity index (χ2v) is 9.33. The lowest BCUT2D eigenvalue weighted by atomic mass is 9.96. The molecule has 2 fully saturated rings. The van der Waals surface area contributed by atoms with Gasteiger partial charge in [0.05, 0.1) is 4.75 Å². The number of β-lactam (4-membered cyclic amide) rings is 1. The molecule has 2 aliphatic rings. The minimum Gasteiger partial charge on any atom is -0.480 e. The normalized spacial score (nSPS) is 28.1. The molecule has 4 heterocycles. The molecule has 0 saturated carbocycles. The van der Waals surface area contributed by atoms with Crippen LogP contribution in [-0.2, 0) is 28.0 Å². The van der Waals surface area contributed by atoms with E-state index >= 15 is 0 Å². The molecule has 16 heteroatoms. The number of carboxylic acid groups (broad SMARTS) is 1. The number of tetrazole rings is 2. The number of hydrogen-bond donors (Lipinski definition) is 2. The number of amides is 2. The molecular weight excluding hydrogens is 424 g/mol. The van der Waals surface area contributed by atoms with E-state index in [-0.39, 0.29) is 6.54 Å². The Labute approximate surface area is 171 Å². The summed E-state index contributed by atoms with van der Waals surface area (Å²) in [7, 11) is 1.69. The zero-order valence-corrected chi connectivity index (χ0v) is 16.9. The molecule has 2 aromatic heterocycles. The maximum atomic E-state index is 12.6. The van der Waals surface area contributed by atoms with Crippen LogP contribution in [0.2, 0.25) is 0 Å². The van der Waals surface area contributed by atoms with Gasteiger partial charge in [-0.1, -0.05) is 11.8 Å². The van der Waals surface area contributed by atoms with Gasteiger partial charge < -0.3 is 15.3 Å². The Morgan fingerprint density at radius 1 is 1.38 bits per heavy atom. The number of aromatic nitrogens is 8. The van der Waals surface area contributed by atoms with E-state index in [2.05, 4.69) is 36.4 Å². The molecule has 4 rings (SSSR count). The van der Waals surface area contributed by atoms with Crippen LogP contribution in [0, 0.1) is 0 Å². The molecule has 2 aromatic rings. The highest BCUT2D eigenvalue weighted by atomic mass is 32.2. The number of carboxylic acids is 1.